The minimum atomic E-state index is -4.61. The number of rotatable bonds is 7. The molecule has 0 aliphatic carbocycles. The molecule has 7 nitrogen and oxygen atoms in total. The van der Waals surface area contributed by atoms with E-state index in [1.165, 1.54) is 12.1 Å². The van der Waals surface area contributed by atoms with Crippen LogP contribution in [0.2, 0.25) is 0 Å². The number of aromatic nitrogens is 4. The fraction of sp³-hybridized carbons (Fsp3) is 0.200. The van der Waals surface area contributed by atoms with E-state index in [1.54, 1.807) is 53.8 Å². The molecule has 0 spiro atoms. The minimum absolute atomic E-state index is 0.000663. The lowest BCUT2D eigenvalue weighted by Gasteiger charge is -2.17. The molecule has 0 fully saturated rings. The van der Waals surface area contributed by atoms with Gasteiger partial charge in [-0.05, 0) is 74.1 Å². The lowest BCUT2D eigenvalue weighted by atomic mass is 9.97. The predicted octanol–water partition coefficient (Wildman–Crippen LogP) is 6.18. The predicted molar refractivity (Wildman–Crippen MR) is 148 cm³/mol. The number of halogens is 3. The Morgan fingerprint density at radius 1 is 1.00 bits per heavy atom. The first-order valence-corrected chi connectivity index (χ1v) is 12.6. The van der Waals surface area contributed by atoms with Crippen molar-refractivity contribution < 1.29 is 18.0 Å². The normalized spacial score (nSPS) is 11.8. The van der Waals surface area contributed by atoms with E-state index in [4.69, 9.17) is 0 Å². The van der Waals surface area contributed by atoms with Gasteiger partial charge in [0, 0.05) is 59.7 Å². The van der Waals surface area contributed by atoms with Gasteiger partial charge in [-0.1, -0.05) is 12.1 Å². The molecule has 0 saturated heterocycles. The van der Waals surface area contributed by atoms with E-state index in [2.05, 4.69) is 20.3 Å². The van der Waals surface area contributed by atoms with E-state index in [0.717, 1.165) is 33.7 Å². The average molecular weight is 545 g/mol. The quantitative estimate of drug-likeness (QED) is 0.265. The molecule has 0 aliphatic heterocycles. The highest BCUT2D eigenvalue weighted by Gasteiger charge is 2.34. The van der Waals surface area contributed by atoms with E-state index in [-0.39, 0.29) is 17.8 Å². The number of amides is 1. The molecular formula is C30H27F3N6O. The lowest BCUT2D eigenvalue weighted by Crippen LogP contribution is -2.18. The van der Waals surface area contributed by atoms with E-state index < -0.39 is 17.6 Å². The van der Waals surface area contributed by atoms with E-state index in [9.17, 15) is 18.0 Å². The Balaban J connectivity index is 1.43. The molecule has 1 N–H and O–H groups in total. The smallest absolute Gasteiger partial charge is 0.329 e. The molecule has 0 saturated carbocycles. The van der Waals surface area contributed by atoms with E-state index in [1.807, 2.05) is 38.1 Å². The Morgan fingerprint density at radius 3 is 2.60 bits per heavy atom. The minimum Gasteiger partial charge on any atom is -0.329 e. The van der Waals surface area contributed by atoms with Crippen LogP contribution in [-0.4, -0.2) is 44.4 Å². The molecule has 0 aliphatic rings. The molecule has 10 heteroatoms. The standard InChI is InChI=1S/C30H27F3N6O/c1-19-6-7-20(13-24(19)25-16-34-15-21-5-4-10-36-28(21)25)29(40)37-23-9-8-22(26(14-23)30(31,32)33)17-39-12-11-35-27(39)18-38(2)3/h4-16H,17-18H2,1-3H3,(H,37,40). The Bertz CT molecular complexity index is 1690. The van der Waals surface area contributed by atoms with Gasteiger partial charge in [0.2, 0.25) is 0 Å². The third-order valence-electron chi connectivity index (χ3n) is 6.57. The SMILES string of the molecule is Cc1ccc(C(=O)Nc2ccc(Cn3ccnc3CN(C)C)c(C(F)(F)F)c2)cc1-c1cncc2cccnc12. The number of aryl methyl sites for hydroxylation is 1. The monoisotopic (exact) mass is 544 g/mol. The number of imidazole rings is 1. The molecular weight excluding hydrogens is 517 g/mol. The number of alkyl halides is 3. The zero-order valence-corrected chi connectivity index (χ0v) is 22.2. The van der Waals surface area contributed by atoms with Gasteiger partial charge < -0.3 is 14.8 Å². The van der Waals surface area contributed by atoms with Crippen molar-refractivity contribution in [3.05, 3.63) is 108 Å². The maximum atomic E-state index is 14.1. The van der Waals surface area contributed by atoms with Crippen molar-refractivity contribution in [2.24, 2.45) is 0 Å². The van der Waals surface area contributed by atoms with E-state index in [0.29, 0.717) is 17.9 Å². The summed E-state index contributed by atoms with van der Waals surface area (Å²) < 4.78 is 43.9. The van der Waals surface area contributed by atoms with Crippen molar-refractivity contribution in [2.75, 3.05) is 19.4 Å². The van der Waals surface area contributed by atoms with Gasteiger partial charge in [-0.3, -0.25) is 14.8 Å². The van der Waals surface area contributed by atoms with Gasteiger partial charge in [-0.15, -0.1) is 0 Å². The van der Waals surface area contributed by atoms with Crippen LogP contribution in [0.25, 0.3) is 22.0 Å². The maximum Gasteiger partial charge on any atom is 0.416 e. The second-order valence-corrected chi connectivity index (χ2v) is 9.82. The molecule has 5 aromatic rings. The zero-order valence-electron chi connectivity index (χ0n) is 22.2. The molecule has 3 aromatic heterocycles. The highest BCUT2D eigenvalue weighted by Crippen LogP contribution is 2.35. The number of anilines is 1. The Labute approximate surface area is 229 Å². The molecule has 3 heterocycles. The van der Waals surface area contributed by atoms with Crippen LogP contribution in [0.5, 0.6) is 0 Å². The van der Waals surface area contributed by atoms with Crippen LogP contribution in [0.1, 0.15) is 32.9 Å². The van der Waals surface area contributed by atoms with Crippen molar-refractivity contribution in [3.8, 4) is 11.1 Å². The third kappa shape index (κ3) is 5.72. The van der Waals surface area contributed by atoms with Crippen LogP contribution in [0.4, 0.5) is 18.9 Å². The van der Waals surface area contributed by atoms with Gasteiger partial charge in [0.05, 0.1) is 17.6 Å². The number of nitrogens with zero attached hydrogens (tertiary/aromatic N) is 5. The van der Waals surface area contributed by atoms with Crippen LogP contribution in [0.3, 0.4) is 0 Å². The summed E-state index contributed by atoms with van der Waals surface area (Å²) in [5.41, 5.74) is 2.81. The summed E-state index contributed by atoms with van der Waals surface area (Å²) in [5, 5.41) is 3.49. The fourth-order valence-corrected chi connectivity index (χ4v) is 4.61. The number of hydrogen-bond acceptors (Lipinski definition) is 5. The van der Waals surface area contributed by atoms with Crippen LogP contribution in [-0.2, 0) is 19.3 Å². The number of carbonyl (C=O) groups excluding carboxylic acids is 1. The van der Waals surface area contributed by atoms with Crippen molar-refractivity contribution in [3.63, 3.8) is 0 Å². The fourth-order valence-electron chi connectivity index (χ4n) is 4.61. The second kappa shape index (κ2) is 10.9. The van der Waals surface area contributed by atoms with Gasteiger partial charge >= 0.3 is 6.18 Å². The molecule has 5 rings (SSSR count). The summed E-state index contributed by atoms with van der Waals surface area (Å²) in [5.74, 6) is 0.133. The third-order valence-corrected chi connectivity index (χ3v) is 6.57. The maximum absolute atomic E-state index is 14.1. The first-order valence-electron chi connectivity index (χ1n) is 12.6. The van der Waals surface area contributed by atoms with Gasteiger partial charge in [0.15, 0.2) is 0 Å². The number of pyridine rings is 2. The van der Waals surface area contributed by atoms with E-state index >= 15 is 0 Å². The number of fused-ring (bicyclic) bond motifs is 1. The summed E-state index contributed by atoms with van der Waals surface area (Å²) in [4.78, 5) is 28.1. The number of hydrogen-bond donors (Lipinski definition) is 1. The van der Waals surface area contributed by atoms with Crippen LogP contribution in [0, 0.1) is 6.92 Å². The number of carbonyl (C=O) groups is 1. The summed E-state index contributed by atoms with van der Waals surface area (Å²) in [6, 6.07) is 12.7. The van der Waals surface area contributed by atoms with Crippen molar-refractivity contribution in [2.45, 2.75) is 26.2 Å². The molecule has 2 aromatic carbocycles. The Hall–Kier alpha value is -4.57. The van der Waals surface area contributed by atoms with Crippen LogP contribution in [0.15, 0.2) is 79.5 Å². The van der Waals surface area contributed by atoms with Crippen LogP contribution < -0.4 is 5.32 Å². The van der Waals surface area contributed by atoms with Crippen molar-refractivity contribution in [1.82, 2.24) is 24.4 Å². The molecule has 0 bridgehead atoms. The number of benzene rings is 2. The van der Waals surface area contributed by atoms with Crippen LogP contribution >= 0.6 is 0 Å². The molecule has 204 valence electrons. The highest BCUT2D eigenvalue weighted by atomic mass is 19.4. The Morgan fingerprint density at radius 2 is 1.82 bits per heavy atom. The summed E-state index contributed by atoms with van der Waals surface area (Å²) in [6.45, 7) is 2.41. The average Bonchev–Trinajstić information content (AvgIpc) is 3.34. The first kappa shape index (κ1) is 27.0. The summed E-state index contributed by atoms with van der Waals surface area (Å²) in [7, 11) is 3.73. The lowest BCUT2D eigenvalue weighted by molar-refractivity contribution is -0.138. The summed E-state index contributed by atoms with van der Waals surface area (Å²) in [6.07, 6.45) is 3.72. The highest BCUT2D eigenvalue weighted by molar-refractivity contribution is 6.06. The number of nitrogens with one attached hydrogen (secondary N) is 1. The molecule has 1 amide bonds. The molecule has 0 atom stereocenters. The Kier molecular flexibility index (Phi) is 7.36. The van der Waals surface area contributed by atoms with Crippen molar-refractivity contribution in [1.29, 1.82) is 0 Å². The zero-order chi connectivity index (χ0) is 28.4. The summed E-state index contributed by atoms with van der Waals surface area (Å²) >= 11 is 0. The van der Waals surface area contributed by atoms with Gasteiger partial charge in [0.25, 0.3) is 5.91 Å². The largest absolute Gasteiger partial charge is 0.416 e. The second-order valence-electron chi connectivity index (χ2n) is 9.82. The van der Waals surface area contributed by atoms with Crippen molar-refractivity contribution >= 4 is 22.5 Å². The molecule has 0 radical (unpaired) electrons. The first-order chi connectivity index (χ1) is 19.1. The molecule has 40 heavy (non-hydrogen) atoms. The van der Waals surface area contributed by atoms with Gasteiger partial charge in [-0.2, -0.15) is 13.2 Å². The topological polar surface area (TPSA) is 75.9 Å². The molecule has 0 unspecified atom stereocenters. The van der Waals surface area contributed by atoms with Gasteiger partial charge in [0.1, 0.15) is 5.82 Å². The van der Waals surface area contributed by atoms with Gasteiger partial charge in [-0.25, -0.2) is 4.98 Å².